The molecule has 214 valence electrons. The molecule has 0 saturated carbocycles. The molecule has 0 radical (unpaired) electrons. The van der Waals surface area contributed by atoms with Gasteiger partial charge in [0.2, 0.25) is 0 Å². The highest BCUT2D eigenvalue weighted by Gasteiger charge is 2.32. The number of urea groups is 1. The van der Waals surface area contributed by atoms with Crippen LogP contribution in [0.3, 0.4) is 0 Å². The molecule has 0 unspecified atom stereocenters. The lowest BCUT2D eigenvalue weighted by Crippen LogP contribution is -2.45. The number of nitrogens with zero attached hydrogens (tertiary/aromatic N) is 1. The Hall–Kier alpha value is -3.55. The first-order chi connectivity index (χ1) is 19.2. The van der Waals surface area contributed by atoms with Crippen molar-refractivity contribution in [1.82, 2.24) is 16.1 Å². The topological polar surface area (TPSA) is 140 Å². The summed E-state index contributed by atoms with van der Waals surface area (Å²) in [5, 5.41) is 19.8. The first-order valence-electron chi connectivity index (χ1n) is 12.1. The molecule has 2 aromatic carbocycles. The van der Waals surface area contributed by atoms with Gasteiger partial charge in [-0.25, -0.2) is 9.59 Å². The van der Waals surface area contributed by atoms with Gasteiger partial charge in [0.15, 0.2) is 17.7 Å². The van der Waals surface area contributed by atoms with E-state index < -0.39 is 24.3 Å². The van der Waals surface area contributed by atoms with Crippen LogP contribution in [-0.4, -0.2) is 56.5 Å². The minimum Gasteiger partial charge on any atom is -0.490 e. The number of hydrazone groups is 1. The second kappa shape index (κ2) is 14.7. The van der Waals surface area contributed by atoms with Crippen LogP contribution < -0.4 is 30.3 Å². The van der Waals surface area contributed by atoms with Gasteiger partial charge in [0, 0.05) is 15.7 Å². The van der Waals surface area contributed by atoms with E-state index >= 15 is 0 Å². The number of aliphatic hydroxyl groups excluding tert-OH is 1. The molecule has 0 saturated heterocycles. The number of allylic oxidation sites excluding steroid dienone is 1. The molecule has 0 spiro atoms. The van der Waals surface area contributed by atoms with E-state index in [1.807, 2.05) is 19.1 Å². The summed E-state index contributed by atoms with van der Waals surface area (Å²) in [6.45, 7) is 7.59. The van der Waals surface area contributed by atoms with E-state index in [-0.39, 0.29) is 12.2 Å². The highest BCUT2D eigenvalue weighted by atomic mass is 79.9. The summed E-state index contributed by atoms with van der Waals surface area (Å²) in [5.74, 6) is 0.726. The molecule has 0 bridgehead atoms. The van der Waals surface area contributed by atoms with Gasteiger partial charge in [0.05, 0.1) is 36.0 Å². The smallest absolute Gasteiger partial charge is 0.337 e. The Morgan fingerprint density at radius 1 is 1.23 bits per heavy atom. The van der Waals surface area contributed by atoms with Crippen LogP contribution in [-0.2, 0) is 9.53 Å². The number of hydrogen-bond acceptors (Lipinski definition) is 9. The van der Waals surface area contributed by atoms with Crippen LogP contribution >= 0.6 is 31.9 Å². The molecular weight excluding hydrogens is 652 g/mol. The van der Waals surface area contributed by atoms with Crippen LogP contribution in [0.2, 0.25) is 0 Å². The van der Waals surface area contributed by atoms with Gasteiger partial charge in [-0.2, -0.15) is 5.10 Å². The molecule has 1 heterocycles. The quantitative estimate of drug-likeness (QED) is 0.0807. The number of carbonyl (C=O) groups is 2. The van der Waals surface area contributed by atoms with Crippen LogP contribution in [0.5, 0.6) is 17.2 Å². The molecular formula is C27H30Br2N4O7. The average molecular weight is 682 g/mol. The number of hydrogen-bond donors (Lipinski definition) is 4. The lowest BCUT2D eigenvalue weighted by molar-refractivity contribution is -0.136. The first-order valence-corrected chi connectivity index (χ1v) is 13.7. The molecule has 1 aliphatic heterocycles. The van der Waals surface area contributed by atoms with Crippen molar-refractivity contribution in [3.05, 3.63) is 74.3 Å². The number of benzene rings is 2. The Bertz CT molecular complexity index is 1320. The van der Waals surface area contributed by atoms with E-state index in [0.29, 0.717) is 47.3 Å². The number of aliphatic hydroxyl groups is 1. The zero-order valence-corrected chi connectivity index (χ0v) is 25.3. The minimum atomic E-state index is -1.15. The zero-order chi connectivity index (χ0) is 29.2. The third kappa shape index (κ3) is 7.99. The SMILES string of the molecule is C=CCOc1c(Br)cc(Br)cc1/C=N/N[C@@H](O)COc1ccc([C@@H]2NC(=O)NC(C)=C2C(=O)OC)cc1OCC. The fourth-order valence-electron chi connectivity index (χ4n) is 3.79. The summed E-state index contributed by atoms with van der Waals surface area (Å²) < 4.78 is 23.7. The van der Waals surface area contributed by atoms with Gasteiger partial charge in [-0.1, -0.05) is 34.7 Å². The molecule has 2 atom stereocenters. The maximum Gasteiger partial charge on any atom is 0.337 e. The van der Waals surface area contributed by atoms with Crippen molar-refractivity contribution in [2.45, 2.75) is 26.1 Å². The van der Waals surface area contributed by atoms with Gasteiger partial charge in [0.25, 0.3) is 0 Å². The summed E-state index contributed by atoms with van der Waals surface area (Å²) in [7, 11) is 1.27. The molecule has 1 aliphatic rings. The fraction of sp³-hybridized carbons (Fsp3) is 0.296. The minimum absolute atomic E-state index is 0.157. The van der Waals surface area contributed by atoms with Gasteiger partial charge >= 0.3 is 12.0 Å². The standard InChI is InChI=1S/C27H30Br2N4O7/c1-5-9-39-25-17(10-18(28)12-19(25)29)13-30-33-22(34)14-40-20-8-7-16(11-21(20)38-6-2)24-23(26(35)37-4)15(3)31-27(36)32-24/h5,7-8,10-13,22,24,33-34H,1,6,9,14H2,2-4H3,(H2,31,32,36)/b30-13+/t22-,24-/m0/s1. The van der Waals surface area contributed by atoms with Crippen LogP contribution in [0.1, 0.15) is 31.0 Å². The number of halogens is 2. The number of ether oxygens (including phenoxy) is 4. The lowest BCUT2D eigenvalue weighted by atomic mass is 9.95. The summed E-state index contributed by atoms with van der Waals surface area (Å²) >= 11 is 6.91. The molecule has 0 fully saturated rings. The van der Waals surface area contributed by atoms with Crippen LogP contribution in [0.15, 0.2) is 68.3 Å². The maximum atomic E-state index is 12.4. The Kier molecular flexibility index (Phi) is 11.4. The summed E-state index contributed by atoms with van der Waals surface area (Å²) in [6.07, 6.45) is 1.99. The number of nitrogens with one attached hydrogen (secondary N) is 3. The zero-order valence-electron chi connectivity index (χ0n) is 22.1. The van der Waals surface area contributed by atoms with Crippen molar-refractivity contribution in [3.63, 3.8) is 0 Å². The number of amides is 2. The highest BCUT2D eigenvalue weighted by Crippen LogP contribution is 2.35. The largest absolute Gasteiger partial charge is 0.490 e. The molecule has 11 nitrogen and oxygen atoms in total. The van der Waals surface area contributed by atoms with E-state index in [4.69, 9.17) is 18.9 Å². The molecule has 13 heteroatoms. The predicted octanol–water partition coefficient (Wildman–Crippen LogP) is 4.30. The van der Waals surface area contributed by atoms with Gasteiger partial charge in [0.1, 0.15) is 19.0 Å². The van der Waals surface area contributed by atoms with E-state index in [2.05, 4.69) is 59.6 Å². The van der Waals surface area contributed by atoms with E-state index in [1.165, 1.54) is 13.3 Å². The maximum absolute atomic E-state index is 12.4. The van der Waals surface area contributed by atoms with Crippen molar-refractivity contribution >= 4 is 50.1 Å². The van der Waals surface area contributed by atoms with E-state index in [1.54, 1.807) is 31.2 Å². The number of rotatable bonds is 13. The second-order valence-corrected chi connectivity index (χ2v) is 10.1. The van der Waals surface area contributed by atoms with Gasteiger partial charge in [-0.3, -0.25) is 5.43 Å². The molecule has 3 rings (SSSR count). The van der Waals surface area contributed by atoms with Crippen LogP contribution in [0.25, 0.3) is 0 Å². The predicted molar refractivity (Wildman–Crippen MR) is 157 cm³/mol. The summed E-state index contributed by atoms with van der Waals surface area (Å²) in [6, 6.07) is 7.46. The van der Waals surface area contributed by atoms with Crippen molar-refractivity contribution < 1.29 is 33.6 Å². The third-order valence-electron chi connectivity index (χ3n) is 5.48. The van der Waals surface area contributed by atoms with Crippen LogP contribution in [0.4, 0.5) is 4.79 Å². The van der Waals surface area contributed by atoms with E-state index in [9.17, 15) is 14.7 Å². The molecule has 0 aliphatic carbocycles. The summed E-state index contributed by atoms with van der Waals surface area (Å²) in [5.41, 5.74) is 4.53. The van der Waals surface area contributed by atoms with Crippen molar-refractivity contribution in [1.29, 1.82) is 0 Å². The summed E-state index contributed by atoms with van der Waals surface area (Å²) in [4.78, 5) is 24.5. The third-order valence-corrected chi connectivity index (χ3v) is 6.53. The number of carbonyl (C=O) groups excluding carboxylic acids is 2. The molecule has 2 amide bonds. The number of esters is 1. The molecule has 0 aromatic heterocycles. The van der Waals surface area contributed by atoms with Gasteiger partial charge in [-0.15, -0.1) is 0 Å². The Morgan fingerprint density at radius 2 is 2.00 bits per heavy atom. The van der Waals surface area contributed by atoms with Gasteiger partial charge in [-0.05, 0) is 59.6 Å². The highest BCUT2D eigenvalue weighted by molar-refractivity contribution is 9.11. The fourth-order valence-corrected chi connectivity index (χ4v) is 5.16. The Balaban J connectivity index is 1.72. The van der Waals surface area contributed by atoms with Gasteiger partial charge < -0.3 is 34.7 Å². The van der Waals surface area contributed by atoms with Crippen molar-refractivity contribution in [3.8, 4) is 17.2 Å². The monoisotopic (exact) mass is 680 g/mol. The molecule has 4 N–H and O–H groups in total. The van der Waals surface area contributed by atoms with E-state index in [0.717, 1.165) is 8.95 Å². The lowest BCUT2D eigenvalue weighted by Gasteiger charge is -2.28. The normalized spacial score (nSPS) is 15.7. The number of methoxy groups -OCH3 is 1. The Morgan fingerprint density at radius 3 is 2.70 bits per heavy atom. The Labute approximate surface area is 248 Å². The van der Waals surface area contributed by atoms with Crippen molar-refractivity contribution in [2.75, 3.05) is 26.9 Å². The van der Waals surface area contributed by atoms with Crippen molar-refractivity contribution in [2.24, 2.45) is 5.10 Å². The second-order valence-electron chi connectivity index (χ2n) is 8.32. The first kappa shape index (κ1) is 31.0. The molecule has 2 aromatic rings. The molecule has 40 heavy (non-hydrogen) atoms. The van der Waals surface area contributed by atoms with Crippen LogP contribution in [0, 0.1) is 0 Å². The average Bonchev–Trinajstić information content (AvgIpc) is 2.91.